The number of phenols is 1. The Bertz CT molecular complexity index is 991. The number of amides is 3. The monoisotopic (exact) mass is 432 g/mol. The van der Waals surface area contributed by atoms with E-state index in [1.54, 1.807) is 24.3 Å². The van der Waals surface area contributed by atoms with Gasteiger partial charge in [0.15, 0.2) is 0 Å². The van der Waals surface area contributed by atoms with Gasteiger partial charge in [-0.25, -0.2) is 0 Å². The Hall–Kier alpha value is -2.97. The first kappa shape index (κ1) is 20.8. The largest absolute Gasteiger partial charge is 0.507 e. The molecule has 0 radical (unpaired) electrons. The molecule has 1 saturated heterocycles. The number of benzene rings is 2. The van der Waals surface area contributed by atoms with Crippen LogP contribution < -0.4 is 10.1 Å². The van der Waals surface area contributed by atoms with E-state index < -0.39 is 23.6 Å². The molecule has 150 valence electrons. The number of aromatic hydroxyl groups is 1. The van der Waals surface area contributed by atoms with Crippen molar-refractivity contribution >= 4 is 52.2 Å². The zero-order valence-electron chi connectivity index (χ0n) is 15.3. The van der Waals surface area contributed by atoms with Crippen LogP contribution >= 0.6 is 23.4 Å². The first-order chi connectivity index (χ1) is 13.9. The van der Waals surface area contributed by atoms with Gasteiger partial charge in [0.1, 0.15) is 18.0 Å². The fourth-order valence-corrected chi connectivity index (χ4v) is 3.57. The molecule has 0 spiro atoms. The third kappa shape index (κ3) is 5.10. The molecular weight excluding hydrogens is 416 g/mol. The second-order valence-electron chi connectivity index (χ2n) is 5.98. The number of halogens is 1. The third-order valence-corrected chi connectivity index (χ3v) is 5.04. The molecule has 3 amide bonds. The van der Waals surface area contributed by atoms with Gasteiger partial charge in [0.2, 0.25) is 5.91 Å². The van der Waals surface area contributed by atoms with Gasteiger partial charge in [-0.15, -0.1) is 0 Å². The number of nitrogens with zero attached hydrogens (tertiary/aromatic N) is 1. The van der Waals surface area contributed by atoms with Crippen molar-refractivity contribution in [1.29, 1.82) is 0 Å². The number of nitrogens with one attached hydrogen (secondary N) is 1. The molecule has 7 nitrogen and oxygen atoms in total. The fraction of sp³-hybridized carbons (Fsp3) is 0.150. The SMILES string of the molecule is CCOc1ccc(NC(=O)CN2C(=O)S/C(=C\c3cc(Cl)ccc3O)C2=O)cc1. The molecule has 1 fully saturated rings. The molecule has 0 unspecified atom stereocenters. The van der Waals surface area contributed by atoms with E-state index in [1.165, 1.54) is 24.3 Å². The number of rotatable bonds is 6. The Morgan fingerprint density at radius 2 is 1.97 bits per heavy atom. The molecule has 3 rings (SSSR count). The van der Waals surface area contributed by atoms with Crippen LogP contribution in [0.4, 0.5) is 10.5 Å². The smallest absolute Gasteiger partial charge is 0.294 e. The summed E-state index contributed by atoms with van der Waals surface area (Å²) in [6, 6.07) is 11.1. The molecule has 1 aliphatic heterocycles. The fourth-order valence-electron chi connectivity index (χ4n) is 2.56. The summed E-state index contributed by atoms with van der Waals surface area (Å²) < 4.78 is 5.33. The lowest BCUT2D eigenvalue weighted by atomic mass is 10.2. The topological polar surface area (TPSA) is 95.9 Å². The van der Waals surface area contributed by atoms with Crippen molar-refractivity contribution in [2.24, 2.45) is 0 Å². The third-order valence-electron chi connectivity index (χ3n) is 3.90. The minimum Gasteiger partial charge on any atom is -0.507 e. The van der Waals surface area contributed by atoms with Crippen LogP contribution in [0, 0.1) is 0 Å². The summed E-state index contributed by atoms with van der Waals surface area (Å²) in [5, 5.41) is 12.3. The van der Waals surface area contributed by atoms with Gasteiger partial charge in [-0.2, -0.15) is 0 Å². The summed E-state index contributed by atoms with van der Waals surface area (Å²) >= 11 is 6.59. The van der Waals surface area contributed by atoms with Crippen LogP contribution in [0.3, 0.4) is 0 Å². The lowest BCUT2D eigenvalue weighted by molar-refractivity contribution is -0.127. The average molecular weight is 433 g/mol. The van der Waals surface area contributed by atoms with E-state index in [0.717, 1.165) is 4.90 Å². The Kier molecular flexibility index (Phi) is 6.46. The van der Waals surface area contributed by atoms with E-state index in [-0.39, 0.29) is 10.7 Å². The van der Waals surface area contributed by atoms with Crippen molar-refractivity contribution < 1.29 is 24.2 Å². The number of carbonyl (C=O) groups excluding carboxylic acids is 3. The van der Waals surface area contributed by atoms with E-state index in [1.807, 2.05) is 6.92 Å². The van der Waals surface area contributed by atoms with Gasteiger partial charge in [-0.3, -0.25) is 19.3 Å². The quantitative estimate of drug-likeness (QED) is 0.666. The van der Waals surface area contributed by atoms with Gasteiger partial charge in [0, 0.05) is 16.3 Å². The van der Waals surface area contributed by atoms with Crippen molar-refractivity contribution in [1.82, 2.24) is 4.90 Å². The van der Waals surface area contributed by atoms with E-state index in [0.29, 0.717) is 40.4 Å². The van der Waals surface area contributed by atoms with Crippen LogP contribution in [0.15, 0.2) is 47.4 Å². The number of ether oxygens (including phenoxy) is 1. The zero-order chi connectivity index (χ0) is 21.0. The van der Waals surface area contributed by atoms with Crippen molar-refractivity contribution in [3.05, 3.63) is 58.0 Å². The van der Waals surface area contributed by atoms with E-state index >= 15 is 0 Å². The highest BCUT2D eigenvalue weighted by atomic mass is 35.5. The van der Waals surface area contributed by atoms with Gasteiger partial charge in [-0.1, -0.05) is 11.6 Å². The predicted molar refractivity (Wildman–Crippen MR) is 112 cm³/mol. The number of hydrogen-bond donors (Lipinski definition) is 2. The zero-order valence-corrected chi connectivity index (χ0v) is 16.9. The van der Waals surface area contributed by atoms with Crippen molar-refractivity contribution in [2.45, 2.75) is 6.92 Å². The Labute approximate surface area is 176 Å². The van der Waals surface area contributed by atoms with Gasteiger partial charge in [0.25, 0.3) is 11.1 Å². The van der Waals surface area contributed by atoms with Crippen LogP contribution in [-0.4, -0.2) is 40.2 Å². The average Bonchev–Trinajstić information content (AvgIpc) is 2.94. The highest BCUT2D eigenvalue weighted by Crippen LogP contribution is 2.34. The molecule has 1 aliphatic rings. The highest BCUT2D eigenvalue weighted by Gasteiger charge is 2.36. The van der Waals surface area contributed by atoms with Gasteiger partial charge < -0.3 is 15.2 Å². The first-order valence-corrected chi connectivity index (χ1v) is 9.83. The number of anilines is 1. The molecule has 0 atom stereocenters. The minimum absolute atomic E-state index is 0.0746. The molecular formula is C20H17ClN2O5S. The second kappa shape index (κ2) is 9.02. The molecule has 0 aliphatic carbocycles. The standard InChI is InChI=1S/C20H17ClN2O5S/c1-2-28-15-6-4-14(5-7-15)22-18(25)11-23-19(26)17(29-20(23)27)10-12-9-13(21)3-8-16(12)24/h3-10,24H,2,11H2,1H3,(H,22,25)/b17-10-. The summed E-state index contributed by atoms with van der Waals surface area (Å²) in [6.45, 7) is 1.98. The minimum atomic E-state index is -0.610. The molecule has 29 heavy (non-hydrogen) atoms. The Morgan fingerprint density at radius 1 is 1.24 bits per heavy atom. The number of phenolic OH excluding ortho intramolecular Hbond substituents is 1. The van der Waals surface area contributed by atoms with E-state index in [4.69, 9.17) is 16.3 Å². The van der Waals surface area contributed by atoms with Crippen LogP contribution in [-0.2, 0) is 9.59 Å². The summed E-state index contributed by atoms with van der Waals surface area (Å²) in [5.41, 5.74) is 0.826. The van der Waals surface area contributed by atoms with Crippen LogP contribution in [0.2, 0.25) is 5.02 Å². The van der Waals surface area contributed by atoms with E-state index in [9.17, 15) is 19.5 Å². The highest BCUT2D eigenvalue weighted by molar-refractivity contribution is 8.18. The van der Waals surface area contributed by atoms with Gasteiger partial charge >= 0.3 is 0 Å². The van der Waals surface area contributed by atoms with Crippen LogP contribution in [0.1, 0.15) is 12.5 Å². The molecule has 2 aromatic carbocycles. The maximum atomic E-state index is 12.5. The van der Waals surface area contributed by atoms with E-state index in [2.05, 4.69) is 5.32 Å². The number of carbonyl (C=O) groups is 3. The van der Waals surface area contributed by atoms with Crippen LogP contribution in [0.25, 0.3) is 6.08 Å². The van der Waals surface area contributed by atoms with Crippen molar-refractivity contribution in [3.8, 4) is 11.5 Å². The summed E-state index contributed by atoms with van der Waals surface area (Å²) in [4.78, 5) is 37.9. The lowest BCUT2D eigenvalue weighted by Crippen LogP contribution is -2.36. The molecule has 2 N–H and O–H groups in total. The molecule has 2 aromatic rings. The molecule has 9 heteroatoms. The van der Waals surface area contributed by atoms with Crippen LogP contribution in [0.5, 0.6) is 11.5 Å². The Balaban J connectivity index is 1.67. The molecule has 0 aromatic heterocycles. The number of thioether (sulfide) groups is 1. The van der Waals surface area contributed by atoms with Crippen molar-refractivity contribution in [3.63, 3.8) is 0 Å². The summed E-state index contributed by atoms with van der Waals surface area (Å²) in [5.74, 6) is -0.523. The van der Waals surface area contributed by atoms with Gasteiger partial charge in [0.05, 0.1) is 11.5 Å². The summed E-state index contributed by atoms with van der Waals surface area (Å²) in [7, 11) is 0. The number of hydrogen-bond acceptors (Lipinski definition) is 6. The van der Waals surface area contributed by atoms with Gasteiger partial charge in [-0.05, 0) is 67.2 Å². The second-order valence-corrected chi connectivity index (χ2v) is 7.41. The lowest BCUT2D eigenvalue weighted by Gasteiger charge is -2.12. The normalized spacial score (nSPS) is 15.1. The first-order valence-electron chi connectivity index (χ1n) is 8.64. The van der Waals surface area contributed by atoms with Crippen molar-refractivity contribution in [2.75, 3.05) is 18.5 Å². The maximum absolute atomic E-state index is 12.5. The Morgan fingerprint density at radius 3 is 2.66 bits per heavy atom. The summed E-state index contributed by atoms with van der Waals surface area (Å²) in [6.07, 6.45) is 1.37. The molecule has 0 bridgehead atoms. The molecule has 0 saturated carbocycles. The number of imide groups is 1. The maximum Gasteiger partial charge on any atom is 0.294 e. The molecule has 1 heterocycles. The predicted octanol–water partition coefficient (Wildman–Crippen LogP) is 4.12.